The number of benzene rings is 1. The highest BCUT2D eigenvalue weighted by Gasteiger charge is 2.30. The third kappa shape index (κ3) is 3.93. The van der Waals surface area contributed by atoms with E-state index in [4.69, 9.17) is 4.74 Å². The van der Waals surface area contributed by atoms with Crippen molar-refractivity contribution in [1.82, 2.24) is 0 Å². The van der Waals surface area contributed by atoms with E-state index < -0.39 is 0 Å². The maximum absolute atomic E-state index is 5.20. The van der Waals surface area contributed by atoms with Gasteiger partial charge in [-0.2, -0.15) is 0 Å². The first-order valence-corrected chi connectivity index (χ1v) is 9.34. The number of ether oxygens (including phenoxy) is 1. The molecule has 0 amide bonds. The fourth-order valence-electron chi connectivity index (χ4n) is 4.73. The molecule has 0 aromatic heterocycles. The van der Waals surface area contributed by atoms with Crippen LogP contribution in [-0.2, 0) is 11.3 Å². The smallest absolute Gasteiger partial charge is 0.0713 e. The second kappa shape index (κ2) is 7.64. The highest BCUT2D eigenvalue weighted by molar-refractivity contribution is 5.25. The normalized spacial score (nSPS) is 32.8. The molecule has 1 aromatic carbocycles. The molecule has 0 heterocycles. The minimum atomic E-state index is 0.729. The van der Waals surface area contributed by atoms with Gasteiger partial charge < -0.3 is 4.74 Å². The fourth-order valence-corrected chi connectivity index (χ4v) is 4.73. The Morgan fingerprint density at radius 2 is 1.36 bits per heavy atom. The summed E-state index contributed by atoms with van der Waals surface area (Å²) < 4.78 is 5.20. The van der Waals surface area contributed by atoms with Gasteiger partial charge in [0.1, 0.15) is 0 Å². The van der Waals surface area contributed by atoms with Gasteiger partial charge in [0, 0.05) is 7.11 Å². The Kier molecular flexibility index (Phi) is 5.57. The molecular weight excluding hydrogens is 268 g/mol. The van der Waals surface area contributed by atoms with Gasteiger partial charge in [0.2, 0.25) is 0 Å². The van der Waals surface area contributed by atoms with E-state index in [2.05, 4.69) is 31.2 Å². The van der Waals surface area contributed by atoms with Gasteiger partial charge in [0.25, 0.3) is 0 Å². The van der Waals surface area contributed by atoms with E-state index in [9.17, 15) is 0 Å². The largest absolute Gasteiger partial charge is 0.380 e. The first-order valence-electron chi connectivity index (χ1n) is 9.34. The van der Waals surface area contributed by atoms with Crippen LogP contribution >= 0.6 is 0 Å². The number of methoxy groups -OCH3 is 1. The topological polar surface area (TPSA) is 9.23 Å². The average molecular weight is 300 g/mol. The summed E-state index contributed by atoms with van der Waals surface area (Å²) in [4.78, 5) is 0. The predicted octanol–water partition coefficient (Wildman–Crippen LogP) is 5.93. The van der Waals surface area contributed by atoms with Crippen LogP contribution in [0.3, 0.4) is 0 Å². The lowest BCUT2D eigenvalue weighted by Crippen LogP contribution is -2.24. The van der Waals surface area contributed by atoms with Crippen LogP contribution in [0.15, 0.2) is 24.3 Å². The molecule has 0 aliphatic heterocycles. The first-order chi connectivity index (χ1) is 10.8. The van der Waals surface area contributed by atoms with Crippen LogP contribution in [0.25, 0.3) is 0 Å². The Balaban J connectivity index is 1.50. The molecule has 2 aliphatic carbocycles. The van der Waals surface area contributed by atoms with Crippen molar-refractivity contribution in [3.8, 4) is 0 Å². The van der Waals surface area contributed by atoms with Crippen molar-refractivity contribution in [2.75, 3.05) is 7.11 Å². The molecule has 122 valence electrons. The van der Waals surface area contributed by atoms with E-state index in [1.54, 1.807) is 12.7 Å². The zero-order valence-corrected chi connectivity index (χ0v) is 14.4. The molecule has 0 atom stereocenters. The summed E-state index contributed by atoms with van der Waals surface area (Å²) in [6.45, 7) is 3.16. The minimum absolute atomic E-state index is 0.729. The molecule has 0 radical (unpaired) electrons. The Morgan fingerprint density at radius 3 is 1.91 bits per heavy atom. The molecule has 1 aromatic rings. The second-order valence-electron chi connectivity index (χ2n) is 7.81. The Bertz CT molecular complexity index is 433. The molecule has 2 aliphatic rings. The standard InChI is InChI=1S/C21H32O/c1-16-3-7-18(8-4-16)20-11-13-21(14-12-20)19-9-5-17(6-10-19)15-22-2/h5-6,9-10,16,18,20-21H,3-4,7-8,11-15H2,1-2H3. The summed E-state index contributed by atoms with van der Waals surface area (Å²) in [6.07, 6.45) is 11.7. The quantitative estimate of drug-likeness (QED) is 0.669. The van der Waals surface area contributed by atoms with Crippen LogP contribution in [-0.4, -0.2) is 7.11 Å². The van der Waals surface area contributed by atoms with Crippen molar-refractivity contribution in [3.63, 3.8) is 0 Å². The summed E-state index contributed by atoms with van der Waals surface area (Å²) in [5.41, 5.74) is 2.84. The molecular formula is C21H32O. The minimum Gasteiger partial charge on any atom is -0.380 e. The third-order valence-corrected chi connectivity index (χ3v) is 6.26. The van der Waals surface area contributed by atoms with Crippen molar-refractivity contribution in [2.24, 2.45) is 17.8 Å². The van der Waals surface area contributed by atoms with Crippen LogP contribution in [0.2, 0.25) is 0 Å². The van der Waals surface area contributed by atoms with Gasteiger partial charge in [-0.15, -0.1) is 0 Å². The number of hydrogen-bond acceptors (Lipinski definition) is 1. The van der Waals surface area contributed by atoms with E-state index >= 15 is 0 Å². The van der Waals surface area contributed by atoms with E-state index in [0.717, 1.165) is 30.3 Å². The Morgan fingerprint density at radius 1 is 0.818 bits per heavy atom. The molecule has 1 nitrogen and oxygen atoms in total. The van der Waals surface area contributed by atoms with E-state index in [1.165, 1.54) is 56.9 Å². The fraction of sp³-hybridized carbons (Fsp3) is 0.714. The highest BCUT2D eigenvalue weighted by atomic mass is 16.5. The lowest BCUT2D eigenvalue weighted by Gasteiger charge is -2.37. The Hall–Kier alpha value is -0.820. The summed E-state index contributed by atoms with van der Waals surface area (Å²) >= 11 is 0. The molecule has 0 saturated heterocycles. The van der Waals surface area contributed by atoms with Crippen molar-refractivity contribution >= 4 is 0 Å². The molecule has 2 fully saturated rings. The van der Waals surface area contributed by atoms with E-state index in [-0.39, 0.29) is 0 Å². The van der Waals surface area contributed by atoms with E-state index in [1.807, 2.05) is 0 Å². The average Bonchev–Trinajstić information content (AvgIpc) is 2.57. The molecule has 0 unspecified atom stereocenters. The van der Waals surface area contributed by atoms with Crippen LogP contribution in [0.1, 0.15) is 75.3 Å². The zero-order chi connectivity index (χ0) is 15.4. The van der Waals surface area contributed by atoms with Gasteiger partial charge in [-0.3, -0.25) is 0 Å². The number of rotatable bonds is 4. The molecule has 1 heteroatoms. The predicted molar refractivity (Wildman–Crippen MR) is 93.0 cm³/mol. The molecule has 3 rings (SSSR count). The highest BCUT2D eigenvalue weighted by Crippen LogP contribution is 2.43. The van der Waals surface area contributed by atoms with Crippen LogP contribution in [0, 0.1) is 17.8 Å². The first kappa shape index (κ1) is 16.1. The van der Waals surface area contributed by atoms with Crippen LogP contribution < -0.4 is 0 Å². The lowest BCUT2D eigenvalue weighted by molar-refractivity contribution is 0.165. The van der Waals surface area contributed by atoms with Gasteiger partial charge in [-0.25, -0.2) is 0 Å². The van der Waals surface area contributed by atoms with E-state index in [0.29, 0.717) is 0 Å². The van der Waals surface area contributed by atoms with Crippen LogP contribution in [0.5, 0.6) is 0 Å². The maximum atomic E-state index is 5.20. The molecule has 0 N–H and O–H groups in total. The van der Waals surface area contributed by atoms with Crippen molar-refractivity contribution < 1.29 is 4.74 Å². The lowest BCUT2D eigenvalue weighted by atomic mass is 9.68. The summed E-state index contributed by atoms with van der Waals surface area (Å²) in [5, 5.41) is 0. The molecule has 0 spiro atoms. The van der Waals surface area contributed by atoms with Gasteiger partial charge in [-0.05, 0) is 73.3 Å². The number of hydrogen-bond donors (Lipinski definition) is 0. The van der Waals surface area contributed by atoms with Crippen molar-refractivity contribution in [3.05, 3.63) is 35.4 Å². The van der Waals surface area contributed by atoms with Crippen molar-refractivity contribution in [1.29, 1.82) is 0 Å². The molecule has 2 saturated carbocycles. The summed E-state index contributed by atoms with van der Waals surface area (Å²) in [5.74, 6) is 3.85. The van der Waals surface area contributed by atoms with Crippen molar-refractivity contribution in [2.45, 2.75) is 70.8 Å². The van der Waals surface area contributed by atoms with Gasteiger partial charge >= 0.3 is 0 Å². The van der Waals surface area contributed by atoms with Gasteiger partial charge in [0.15, 0.2) is 0 Å². The second-order valence-corrected chi connectivity index (χ2v) is 7.81. The van der Waals surface area contributed by atoms with Gasteiger partial charge in [-0.1, -0.05) is 44.0 Å². The molecule has 0 bridgehead atoms. The molecule has 22 heavy (non-hydrogen) atoms. The Labute approximate surface area is 136 Å². The van der Waals surface area contributed by atoms with Gasteiger partial charge in [0.05, 0.1) is 6.61 Å². The van der Waals surface area contributed by atoms with Crippen LogP contribution in [0.4, 0.5) is 0 Å². The summed E-state index contributed by atoms with van der Waals surface area (Å²) in [6, 6.07) is 9.16. The monoisotopic (exact) mass is 300 g/mol. The zero-order valence-electron chi connectivity index (χ0n) is 14.4. The summed E-state index contributed by atoms with van der Waals surface area (Å²) in [7, 11) is 1.77. The SMILES string of the molecule is COCc1ccc(C2CCC(C3CCC(C)CC3)CC2)cc1. The third-order valence-electron chi connectivity index (χ3n) is 6.26. The maximum Gasteiger partial charge on any atom is 0.0713 e.